The lowest BCUT2D eigenvalue weighted by atomic mass is 10.2. The van der Waals surface area contributed by atoms with Crippen LogP contribution < -0.4 is 15.8 Å². The number of carbonyl (C=O) groups excluding carboxylic acids is 1. The van der Waals surface area contributed by atoms with Crippen molar-refractivity contribution in [1.82, 2.24) is 9.55 Å². The summed E-state index contributed by atoms with van der Waals surface area (Å²) in [6.07, 6.45) is 0. The second kappa shape index (κ2) is 7.88. The van der Waals surface area contributed by atoms with Gasteiger partial charge in [0.15, 0.2) is 0 Å². The number of anilines is 2. The highest BCUT2D eigenvalue weighted by atomic mass is 35.5. The first-order valence-corrected chi connectivity index (χ1v) is 8.79. The summed E-state index contributed by atoms with van der Waals surface area (Å²) in [5, 5.41) is 3.22. The molecule has 26 heavy (non-hydrogen) atoms. The molecule has 8 heteroatoms. The second-order valence-electron chi connectivity index (χ2n) is 6.25. The first kappa shape index (κ1) is 18.4. The Morgan fingerprint density at radius 1 is 1.27 bits per heavy atom. The summed E-state index contributed by atoms with van der Waals surface area (Å²) < 4.78 is 6.74. The first-order chi connectivity index (χ1) is 12.4. The molecule has 0 atom stereocenters. The molecule has 0 aliphatic carbocycles. The Kier molecular flexibility index (Phi) is 5.58. The molecule has 1 aliphatic rings. The molecule has 1 aromatic heterocycles. The maximum Gasteiger partial charge on any atom is 0.255 e. The molecule has 0 spiro atoms. The number of hydrogen-bond donors (Lipinski definition) is 1. The van der Waals surface area contributed by atoms with E-state index in [1.54, 1.807) is 19.1 Å². The molecule has 1 saturated heterocycles. The number of carbonyl (C=O) groups is 1. The zero-order chi connectivity index (χ0) is 18.7. The van der Waals surface area contributed by atoms with Crippen LogP contribution >= 0.6 is 11.6 Å². The summed E-state index contributed by atoms with van der Waals surface area (Å²) in [5.41, 5.74) is 1.88. The molecule has 0 unspecified atom stereocenters. The van der Waals surface area contributed by atoms with E-state index in [0.717, 1.165) is 5.56 Å². The number of ether oxygens (including phenoxy) is 1. The van der Waals surface area contributed by atoms with Gasteiger partial charge in [-0.25, -0.2) is 4.98 Å². The van der Waals surface area contributed by atoms with Crippen LogP contribution in [0.4, 0.5) is 11.6 Å². The van der Waals surface area contributed by atoms with Gasteiger partial charge in [0, 0.05) is 24.8 Å². The fourth-order valence-electron chi connectivity index (χ4n) is 2.81. The van der Waals surface area contributed by atoms with E-state index in [9.17, 15) is 9.59 Å². The molecular formula is C18H21ClN4O3. The van der Waals surface area contributed by atoms with Crippen molar-refractivity contribution in [2.45, 2.75) is 20.4 Å². The zero-order valence-electron chi connectivity index (χ0n) is 14.8. The van der Waals surface area contributed by atoms with Gasteiger partial charge in [-0.2, -0.15) is 0 Å². The number of benzene rings is 1. The van der Waals surface area contributed by atoms with Crippen LogP contribution in [0.25, 0.3) is 0 Å². The summed E-state index contributed by atoms with van der Waals surface area (Å²) in [6.45, 7) is 5.93. The van der Waals surface area contributed by atoms with Crippen LogP contribution in [0.2, 0.25) is 5.02 Å². The SMILES string of the molecule is Cc1ccc(NC(=O)Cn2c(N3CCOCC3)nc(C)cc2=O)c(Cl)c1. The van der Waals surface area contributed by atoms with Gasteiger partial charge in [-0.3, -0.25) is 14.2 Å². The lowest BCUT2D eigenvalue weighted by Crippen LogP contribution is -2.41. The highest BCUT2D eigenvalue weighted by molar-refractivity contribution is 6.33. The number of amides is 1. The van der Waals surface area contributed by atoms with E-state index in [1.807, 2.05) is 17.9 Å². The van der Waals surface area contributed by atoms with Crippen LogP contribution in [0.5, 0.6) is 0 Å². The zero-order valence-corrected chi connectivity index (χ0v) is 15.5. The number of aryl methyl sites for hydroxylation is 2. The number of halogens is 1. The van der Waals surface area contributed by atoms with E-state index < -0.39 is 0 Å². The number of rotatable bonds is 4. The molecule has 1 amide bonds. The van der Waals surface area contributed by atoms with Gasteiger partial charge in [0.2, 0.25) is 11.9 Å². The van der Waals surface area contributed by atoms with Crippen molar-refractivity contribution in [1.29, 1.82) is 0 Å². The molecular weight excluding hydrogens is 356 g/mol. The highest BCUT2D eigenvalue weighted by Gasteiger charge is 2.19. The Bertz CT molecular complexity index is 875. The second-order valence-corrected chi connectivity index (χ2v) is 6.66. The number of morpholine rings is 1. The largest absolute Gasteiger partial charge is 0.378 e. The third-order valence-corrected chi connectivity index (χ3v) is 4.42. The maximum absolute atomic E-state index is 12.5. The fourth-order valence-corrected chi connectivity index (χ4v) is 3.10. The normalized spacial score (nSPS) is 14.3. The van der Waals surface area contributed by atoms with Gasteiger partial charge in [-0.1, -0.05) is 17.7 Å². The standard InChI is InChI=1S/C18H21ClN4O3/c1-12-3-4-15(14(19)9-12)21-16(24)11-23-17(25)10-13(2)20-18(23)22-5-7-26-8-6-22/h3-4,9-10H,5-8,11H2,1-2H3,(H,21,24). The third kappa shape index (κ3) is 4.23. The number of aromatic nitrogens is 2. The van der Waals surface area contributed by atoms with Crippen molar-refractivity contribution in [3.8, 4) is 0 Å². The average Bonchev–Trinajstić information content (AvgIpc) is 2.60. The predicted molar refractivity (Wildman–Crippen MR) is 101 cm³/mol. The Morgan fingerprint density at radius 3 is 2.69 bits per heavy atom. The van der Waals surface area contributed by atoms with Gasteiger partial charge >= 0.3 is 0 Å². The molecule has 1 aromatic carbocycles. The van der Waals surface area contributed by atoms with Gasteiger partial charge in [-0.05, 0) is 31.5 Å². The van der Waals surface area contributed by atoms with E-state index >= 15 is 0 Å². The van der Waals surface area contributed by atoms with Crippen molar-refractivity contribution >= 4 is 29.1 Å². The van der Waals surface area contributed by atoms with Crippen molar-refractivity contribution in [2.75, 3.05) is 36.5 Å². The summed E-state index contributed by atoms with van der Waals surface area (Å²) >= 11 is 6.16. The lowest BCUT2D eigenvalue weighted by Gasteiger charge is -2.29. The molecule has 1 N–H and O–H groups in total. The molecule has 0 bridgehead atoms. The minimum atomic E-state index is -0.335. The molecule has 138 valence electrons. The first-order valence-electron chi connectivity index (χ1n) is 8.41. The van der Waals surface area contributed by atoms with Gasteiger partial charge in [0.1, 0.15) is 6.54 Å². The van der Waals surface area contributed by atoms with E-state index in [1.165, 1.54) is 10.6 Å². The van der Waals surface area contributed by atoms with Crippen molar-refractivity contribution in [2.24, 2.45) is 0 Å². The maximum atomic E-state index is 12.5. The molecule has 1 fully saturated rings. The van der Waals surface area contributed by atoms with E-state index in [-0.39, 0.29) is 18.0 Å². The highest BCUT2D eigenvalue weighted by Crippen LogP contribution is 2.22. The monoisotopic (exact) mass is 376 g/mol. The Morgan fingerprint density at radius 2 is 2.00 bits per heavy atom. The number of nitrogens with zero attached hydrogens (tertiary/aromatic N) is 3. The van der Waals surface area contributed by atoms with Crippen LogP contribution in [0, 0.1) is 13.8 Å². The molecule has 7 nitrogen and oxygen atoms in total. The molecule has 2 aromatic rings. The summed E-state index contributed by atoms with van der Waals surface area (Å²) in [5.74, 6) is 0.154. The van der Waals surface area contributed by atoms with Crippen LogP contribution in [0.15, 0.2) is 29.1 Å². The Hall–Kier alpha value is -2.38. The minimum absolute atomic E-state index is 0.136. The summed E-state index contributed by atoms with van der Waals surface area (Å²) in [7, 11) is 0. The minimum Gasteiger partial charge on any atom is -0.378 e. The average molecular weight is 377 g/mol. The van der Waals surface area contributed by atoms with Gasteiger partial charge in [0.25, 0.3) is 5.56 Å². The van der Waals surface area contributed by atoms with E-state index in [0.29, 0.717) is 48.7 Å². The lowest BCUT2D eigenvalue weighted by molar-refractivity contribution is -0.116. The Labute approximate surface area is 156 Å². The van der Waals surface area contributed by atoms with Gasteiger partial charge in [-0.15, -0.1) is 0 Å². The molecule has 1 aliphatic heterocycles. The number of nitrogens with one attached hydrogen (secondary N) is 1. The van der Waals surface area contributed by atoms with Crippen LogP contribution in [0.1, 0.15) is 11.3 Å². The third-order valence-electron chi connectivity index (χ3n) is 4.11. The smallest absolute Gasteiger partial charge is 0.255 e. The van der Waals surface area contributed by atoms with E-state index in [4.69, 9.17) is 16.3 Å². The molecule has 2 heterocycles. The fraction of sp³-hybridized carbons (Fsp3) is 0.389. The van der Waals surface area contributed by atoms with Crippen LogP contribution in [-0.4, -0.2) is 41.8 Å². The van der Waals surface area contributed by atoms with Crippen LogP contribution in [-0.2, 0) is 16.1 Å². The summed E-state index contributed by atoms with van der Waals surface area (Å²) in [6, 6.07) is 6.81. The molecule has 0 saturated carbocycles. The van der Waals surface area contributed by atoms with Crippen LogP contribution in [0.3, 0.4) is 0 Å². The quantitative estimate of drug-likeness (QED) is 0.883. The van der Waals surface area contributed by atoms with E-state index in [2.05, 4.69) is 10.3 Å². The Balaban J connectivity index is 1.84. The van der Waals surface area contributed by atoms with Gasteiger partial charge < -0.3 is 15.0 Å². The predicted octanol–water partition coefficient (Wildman–Crippen LogP) is 1.99. The summed E-state index contributed by atoms with van der Waals surface area (Å²) in [4.78, 5) is 31.4. The number of hydrogen-bond acceptors (Lipinski definition) is 5. The molecule has 3 rings (SSSR count). The van der Waals surface area contributed by atoms with Crippen molar-refractivity contribution in [3.05, 3.63) is 50.9 Å². The van der Waals surface area contributed by atoms with Crippen molar-refractivity contribution in [3.63, 3.8) is 0 Å². The van der Waals surface area contributed by atoms with Crippen molar-refractivity contribution < 1.29 is 9.53 Å². The molecule has 0 radical (unpaired) electrons. The topological polar surface area (TPSA) is 76.5 Å². The van der Waals surface area contributed by atoms with Gasteiger partial charge in [0.05, 0.1) is 23.9 Å².